The number of hydrogen-bond donors (Lipinski definition) is 1. The topological polar surface area (TPSA) is 69.0 Å². The fourth-order valence-electron chi connectivity index (χ4n) is 2.26. The molecule has 3 aromatic rings. The maximum Gasteiger partial charge on any atom is 0.263 e. The number of amides is 1. The highest BCUT2D eigenvalue weighted by Crippen LogP contribution is 2.17. The summed E-state index contributed by atoms with van der Waals surface area (Å²) in [6.07, 6.45) is 5.99. The quantitative estimate of drug-likeness (QED) is 0.705. The molecule has 0 atom stereocenters. The summed E-state index contributed by atoms with van der Waals surface area (Å²) in [5, 5.41) is 6.80. The molecule has 0 unspecified atom stereocenters. The van der Waals surface area contributed by atoms with Crippen molar-refractivity contribution in [3.05, 3.63) is 72.2 Å². The third-order valence-corrected chi connectivity index (χ3v) is 3.54. The molecule has 0 aliphatic carbocycles. The van der Waals surface area contributed by atoms with Crippen molar-refractivity contribution in [3.8, 4) is 5.75 Å². The zero-order valence-corrected chi connectivity index (χ0v) is 13.7. The van der Waals surface area contributed by atoms with Gasteiger partial charge in [0.1, 0.15) is 5.82 Å². The Labute approximate surface area is 148 Å². The molecular weight excluding hydrogens is 342 g/mol. The third-order valence-electron chi connectivity index (χ3n) is 3.54. The minimum absolute atomic E-state index is 0.190. The second kappa shape index (κ2) is 8.19. The normalized spacial score (nSPS) is 10.5. The first kappa shape index (κ1) is 17.5. The van der Waals surface area contributed by atoms with Crippen molar-refractivity contribution in [2.45, 2.75) is 13.0 Å². The fraction of sp³-hybridized carbons (Fsp3) is 0.167. The minimum Gasteiger partial charge on any atom is -0.481 e. The Balaban J connectivity index is 1.48. The summed E-state index contributed by atoms with van der Waals surface area (Å²) in [6.45, 7) is 0.240. The van der Waals surface area contributed by atoms with Gasteiger partial charge in [-0.2, -0.15) is 5.10 Å². The number of benzene rings is 1. The zero-order valence-electron chi connectivity index (χ0n) is 13.7. The number of pyridine rings is 1. The van der Waals surface area contributed by atoms with Gasteiger partial charge in [-0.3, -0.25) is 14.5 Å². The van der Waals surface area contributed by atoms with Crippen molar-refractivity contribution in [1.29, 1.82) is 0 Å². The third kappa shape index (κ3) is 4.85. The van der Waals surface area contributed by atoms with Crippen LogP contribution in [-0.2, 0) is 17.8 Å². The standard InChI is InChI=1S/C18H16F2N4O2/c19-14-1-2-16(15(20)11-14)26-12-18(25)22-17-6-10-24(23-17)9-5-13-3-7-21-8-4-13/h1-4,6-8,10-11H,5,9,12H2,(H,22,23,25). The number of halogens is 2. The number of carbonyl (C=O) groups is 1. The van der Waals surface area contributed by atoms with Gasteiger partial charge in [0.25, 0.3) is 5.91 Å². The molecule has 3 rings (SSSR count). The summed E-state index contributed by atoms with van der Waals surface area (Å²) in [5.74, 6) is -1.89. The van der Waals surface area contributed by atoms with Crippen molar-refractivity contribution < 1.29 is 18.3 Å². The Morgan fingerprint density at radius 3 is 2.73 bits per heavy atom. The average Bonchev–Trinajstić information content (AvgIpc) is 3.07. The van der Waals surface area contributed by atoms with Gasteiger partial charge in [0.2, 0.25) is 0 Å². The van der Waals surface area contributed by atoms with E-state index in [-0.39, 0.29) is 5.75 Å². The molecule has 134 valence electrons. The number of anilines is 1. The van der Waals surface area contributed by atoms with Crippen LogP contribution in [0, 0.1) is 11.6 Å². The highest BCUT2D eigenvalue weighted by atomic mass is 19.1. The van der Waals surface area contributed by atoms with Crippen molar-refractivity contribution in [3.63, 3.8) is 0 Å². The van der Waals surface area contributed by atoms with Gasteiger partial charge in [-0.1, -0.05) is 0 Å². The van der Waals surface area contributed by atoms with E-state index >= 15 is 0 Å². The number of carbonyl (C=O) groups excluding carboxylic acids is 1. The molecule has 8 heteroatoms. The monoisotopic (exact) mass is 358 g/mol. The molecule has 26 heavy (non-hydrogen) atoms. The molecule has 2 aromatic heterocycles. The lowest BCUT2D eigenvalue weighted by atomic mass is 10.2. The van der Waals surface area contributed by atoms with Crippen LogP contribution in [0.2, 0.25) is 0 Å². The van der Waals surface area contributed by atoms with E-state index in [0.717, 1.165) is 24.1 Å². The molecule has 0 aliphatic heterocycles. The van der Waals surface area contributed by atoms with Gasteiger partial charge < -0.3 is 10.1 Å². The van der Waals surface area contributed by atoms with Crippen molar-refractivity contribution >= 4 is 11.7 Å². The molecular formula is C18H16F2N4O2. The number of hydrogen-bond acceptors (Lipinski definition) is 4. The van der Waals surface area contributed by atoms with Crippen molar-refractivity contribution in [2.75, 3.05) is 11.9 Å². The van der Waals surface area contributed by atoms with Crippen LogP contribution in [0.5, 0.6) is 5.75 Å². The Morgan fingerprint density at radius 2 is 1.96 bits per heavy atom. The molecule has 0 radical (unpaired) electrons. The number of nitrogens with one attached hydrogen (secondary N) is 1. The number of aryl methyl sites for hydroxylation is 2. The molecule has 1 aromatic carbocycles. The Morgan fingerprint density at radius 1 is 1.15 bits per heavy atom. The van der Waals surface area contributed by atoms with Gasteiger partial charge in [-0.05, 0) is 36.2 Å². The smallest absolute Gasteiger partial charge is 0.263 e. The van der Waals surface area contributed by atoms with E-state index in [9.17, 15) is 13.6 Å². The summed E-state index contributed by atoms with van der Waals surface area (Å²) in [5.41, 5.74) is 1.14. The van der Waals surface area contributed by atoms with Crippen LogP contribution >= 0.6 is 0 Å². The van der Waals surface area contributed by atoms with Gasteiger partial charge in [0.05, 0.1) is 0 Å². The fourth-order valence-corrected chi connectivity index (χ4v) is 2.26. The Kier molecular flexibility index (Phi) is 5.52. The predicted molar refractivity (Wildman–Crippen MR) is 90.7 cm³/mol. The van der Waals surface area contributed by atoms with Crippen LogP contribution in [0.4, 0.5) is 14.6 Å². The average molecular weight is 358 g/mol. The van der Waals surface area contributed by atoms with Crippen LogP contribution in [-0.4, -0.2) is 27.3 Å². The van der Waals surface area contributed by atoms with Gasteiger partial charge >= 0.3 is 0 Å². The summed E-state index contributed by atoms with van der Waals surface area (Å²) in [7, 11) is 0. The first-order valence-corrected chi connectivity index (χ1v) is 7.90. The molecule has 0 aliphatic rings. The Bertz CT molecular complexity index is 884. The lowest BCUT2D eigenvalue weighted by Crippen LogP contribution is -2.21. The van der Waals surface area contributed by atoms with Crippen molar-refractivity contribution in [2.24, 2.45) is 0 Å². The highest BCUT2D eigenvalue weighted by Gasteiger charge is 2.09. The van der Waals surface area contributed by atoms with Crippen LogP contribution < -0.4 is 10.1 Å². The lowest BCUT2D eigenvalue weighted by Gasteiger charge is -2.07. The number of aromatic nitrogens is 3. The first-order valence-electron chi connectivity index (χ1n) is 7.90. The van der Waals surface area contributed by atoms with E-state index in [1.165, 1.54) is 0 Å². The van der Waals surface area contributed by atoms with E-state index in [1.54, 1.807) is 29.3 Å². The maximum absolute atomic E-state index is 13.4. The zero-order chi connectivity index (χ0) is 18.4. The van der Waals surface area contributed by atoms with E-state index < -0.39 is 24.1 Å². The SMILES string of the molecule is O=C(COc1ccc(F)cc1F)Nc1ccn(CCc2ccncc2)n1. The summed E-state index contributed by atoms with van der Waals surface area (Å²) in [4.78, 5) is 15.8. The molecule has 1 amide bonds. The summed E-state index contributed by atoms with van der Waals surface area (Å²) in [6, 6.07) is 8.39. The first-order chi connectivity index (χ1) is 12.6. The van der Waals surface area contributed by atoms with E-state index in [2.05, 4.69) is 15.4 Å². The molecule has 6 nitrogen and oxygen atoms in total. The van der Waals surface area contributed by atoms with Crippen LogP contribution in [0.15, 0.2) is 55.0 Å². The van der Waals surface area contributed by atoms with E-state index in [4.69, 9.17) is 4.74 Å². The highest BCUT2D eigenvalue weighted by molar-refractivity contribution is 5.90. The van der Waals surface area contributed by atoms with E-state index in [1.807, 2.05) is 12.1 Å². The van der Waals surface area contributed by atoms with Crippen LogP contribution in [0.25, 0.3) is 0 Å². The maximum atomic E-state index is 13.4. The van der Waals surface area contributed by atoms with Gasteiger partial charge in [0, 0.05) is 37.3 Å². The van der Waals surface area contributed by atoms with Gasteiger partial charge in [-0.25, -0.2) is 8.78 Å². The Hall–Kier alpha value is -3.29. The lowest BCUT2D eigenvalue weighted by molar-refractivity contribution is -0.118. The molecule has 1 N–H and O–H groups in total. The molecule has 0 saturated heterocycles. The predicted octanol–water partition coefficient (Wildman–Crippen LogP) is 2.82. The molecule has 0 spiro atoms. The number of rotatable bonds is 7. The summed E-state index contributed by atoms with van der Waals surface area (Å²) >= 11 is 0. The molecule has 0 saturated carbocycles. The van der Waals surface area contributed by atoms with Gasteiger partial charge in [-0.15, -0.1) is 0 Å². The second-order valence-electron chi connectivity index (χ2n) is 5.48. The second-order valence-corrected chi connectivity index (χ2v) is 5.48. The van der Waals surface area contributed by atoms with E-state index in [0.29, 0.717) is 18.4 Å². The summed E-state index contributed by atoms with van der Waals surface area (Å²) < 4.78 is 33.0. The largest absolute Gasteiger partial charge is 0.481 e. The van der Waals surface area contributed by atoms with Crippen LogP contribution in [0.3, 0.4) is 0 Å². The number of nitrogens with zero attached hydrogens (tertiary/aromatic N) is 3. The number of ether oxygens (including phenoxy) is 1. The van der Waals surface area contributed by atoms with Gasteiger partial charge in [0.15, 0.2) is 24.0 Å². The molecule has 2 heterocycles. The van der Waals surface area contributed by atoms with Crippen LogP contribution in [0.1, 0.15) is 5.56 Å². The molecule has 0 bridgehead atoms. The molecule has 0 fully saturated rings. The van der Waals surface area contributed by atoms with Crippen molar-refractivity contribution in [1.82, 2.24) is 14.8 Å². The minimum atomic E-state index is -0.863.